The zero-order valence-corrected chi connectivity index (χ0v) is 12.6. The summed E-state index contributed by atoms with van der Waals surface area (Å²) in [5.74, 6) is 0. The Kier molecular flexibility index (Phi) is 9.99. The molecule has 0 saturated heterocycles. The van der Waals surface area contributed by atoms with Crippen LogP contribution in [0.25, 0.3) is 0 Å². The molecular weight excluding hydrogens is 259 g/mol. The first-order valence-corrected chi connectivity index (χ1v) is 9.45. The van der Waals surface area contributed by atoms with E-state index in [2.05, 4.69) is 11.7 Å². The SMILES string of the molecule is CCCCCCCCOP(=O)(SC)C(=O)OC. The predicted molar refractivity (Wildman–Crippen MR) is 72.9 cm³/mol. The predicted octanol–water partition coefficient (Wildman–Crippen LogP) is 4.69. The molecule has 0 aliphatic rings. The minimum Gasteiger partial charge on any atom is -0.461 e. The second kappa shape index (κ2) is 9.98. The summed E-state index contributed by atoms with van der Waals surface area (Å²) in [6.45, 7) is -0.762. The second-order valence-electron chi connectivity index (χ2n) is 3.75. The summed E-state index contributed by atoms with van der Waals surface area (Å²) in [4.78, 5) is 11.2. The van der Waals surface area contributed by atoms with E-state index in [9.17, 15) is 9.36 Å². The Balaban J connectivity index is 3.71. The van der Waals surface area contributed by atoms with Gasteiger partial charge in [-0.05, 0) is 12.7 Å². The average Bonchev–Trinajstić information content (AvgIpc) is 2.36. The van der Waals surface area contributed by atoms with Gasteiger partial charge in [0.15, 0.2) is 0 Å². The molecule has 0 aliphatic heterocycles. The maximum atomic E-state index is 11.9. The molecule has 6 heteroatoms. The van der Waals surface area contributed by atoms with E-state index in [1.54, 1.807) is 6.26 Å². The van der Waals surface area contributed by atoms with Crippen molar-refractivity contribution in [2.45, 2.75) is 45.4 Å². The Bertz CT molecular complexity index is 258. The molecule has 0 bridgehead atoms. The van der Waals surface area contributed by atoms with Gasteiger partial charge in [-0.2, -0.15) is 0 Å². The maximum Gasteiger partial charge on any atom is 0.402 e. The van der Waals surface area contributed by atoms with Crippen molar-refractivity contribution in [3.63, 3.8) is 0 Å². The highest BCUT2D eigenvalue weighted by molar-refractivity contribution is 8.60. The van der Waals surface area contributed by atoms with E-state index >= 15 is 0 Å². The first-order chi connectivity index (χ1) is 8.10. The molecule has 1 unspecified atom stereocenters. The van der Waals surface area contributed by atoms with E-state index in [4.69, 9.17) is 4.52 Å². The summed E-state index contributed by atoms with van der Waals surface area (Å²) in [6, 6.07) is 0. The van der Waals surface area contributed by atoms with Crippen LogP contribution >= 0.6 is 18.0 Å². The van der Waals surface area contributed by atoms with Crippen LogP contribution in [0.5, 0.6) is 0 Å². The topological polar surface area (TPSA) is 52.6 Å². The summed E-state index contributed by atoms with van der Waals surface area (Å²) in [5, 5.41) is 0. The Morgan fingerprint density at radius 3 is 2.29 bits per heavy atom. The van der Waals surface area contributed by atoms with Crippen molar-refractivity contribution in [2.24, 2.45) is 0 Å². The third-order valence-corrected chi connectivity index (χ3v) is 6.24. The summed E-state index contributed by atoms with van der Waals surface area (Å²) in [6.07, 6.45) is 8.36. The van der Waals surface area contributed by atoms with E-state index < -0.39 is 12.3 Å². The summed E-state index contributed by atoms with van der Waals surface area (Å²) in [7, 11) is 1.22. The number of rotatable bonds is 10. The van der Waals surface area contributed by atoms with Crippen LogP contribution in [-0.4, -0.2) is 25.7 Å². The number of unbranched alkanes of at least 4 members (excludes halogenated alkanes) is 5. The Morgan fingerprint density at radius 2 is 1.76 bits per heavy atom. The Labute approximate surface area is 108 Å². The lowest BCUT2D eigenvalue weighted by molar-refractivity contribution is 0.190. The van der Waals surface area contributed by atoms with Crippen LogP contribution in [-0.2, 0) is 13.8 Å². The van der Waals surface area contributed by atoms with Gasteiger partial charge in [0.2, 0.25) is 0 Å². The van der Waals surface area contributed by atoms with Crippen LogP contribution < -0.4 is 0 Å². The maximum absolute atomic E-state index is 11.9. The molecule has 0 aliphatic carbocycles. The Hall–Kier alpha value is 0.0100. The molecule has 102 valence electrons. The molecule has 0 fully saturated rings. The number of hydrogen-bond donors (Lipinski definition) is 0. The summed E-state index contributed by atoms with van der Waals surface area (Å²) >= 11 is 0.936. The van der Waals surface area contributed by atoms with Gasteiger partial charge >= 0.3 is 12.3 Å². The lowest BCUT2D eigenvalue weighted by Gasteiger charge is -2.12. The minimum atomic E-state index is -3.30. The molecule has 0 aromatic rings. The van der Waals surface area contributed by atoms with Crippen molar-refractivity contribution in [2.75, 3.05) is 20.0 Å². The van der Waals surface area contributed by atoms with Gasteiger partial charge in [0.1, 0.15) is 0 Å². The quantitative estimate of drug-likeness (QED) is 0.430. The van der Waals surface area contributed by atoms with Crippen molar-refractivity contribution in [1.82, 2.24) is 0 Å². The smallest absolute Gasteiger partial charge is 0.402 e. The molecule has 0 aromatic heterocycles. The van der Waals surface area contributed by atoms with E-state index in [1.807, 2.05) is 0 Å². The van der Waals surface area contributed by atoms with Crippen LogP contribution in [0.1, 0.15) is 45.4 Å². The molecule has 4 nitrogen and oxygen atoms in total. The van der Waals surface area contributed by atoms with Gasteiger partial charge in [-0.25, -0.2) is 4.79 Å². The first-order valence-electron chi connectivity index (χ1n) is 5.99. The molecule has 17 heavy (non-hydrogen) atoms. The average molecular weight is 282 g/mol. The number of methoxy groups -OCH3 is 1. The van der Waals surface area contributed by atoms with Gasteiger partial charge in [-0.3, -0.25) is 4.57 Å². The number of carbonyl (C=O) groups is 1. The van der Waals surface area contributed by atoms with Gasteiger partial charge in [-0.1, -0.05) is 50.4 Å². The highest BCUT2D eigenvalue weighted by Crippen LogP contribution is 2.59. The van der Waals surface area contributed by atoms with Crippen molar-refractivity contribution in [1.29, 1.82) is 0 Å². The van der Waals surface area contributed by atoms with Crippen molar-refractivity contribution >= 4 is 23.7 Å². The number of ether oxygens (including phenoxy) is 1. The second-order valence-corrected chi connectivity index (χ2v) is 8.27. The molecule has 0 amide bonds. The molecule has 1 atom stereocenters. The molecule has 0 radical (unpaired) electrons. The van der Waals surface area contributed by atoms with Gasteiger partial charge in [0.25, 0.3) is 0 Å². The van der Waals surface area contributed by atoms with E-state index in [-0.39, 0.29) is 0 Å². The van der Waals surface area contributed by atoms with E-state index in [0.717, 1.165) is 24.2 Å². The molecule has 0 spiro atoms. The molecule has 0 saturated carbocycles. The zero-order chi connectivity index (χ0) is 13.1. The van der Waals surface area contributed by atoms with Crippen LogP contribution in [0.2, 0.25) is 0 Å². The zero-order valence-electron chi connectivity index (χ0n) is 10.9. The third-order valence-electron chi connectivity index (χ3n) is 2.40. The summed E-state index contributed by atoms with van der Waals surface area (Å²) < 4.78 is 21.6. The van der Waals surface area contributed by atoms with Gasteiger partial charge in [0, 0.05) is 0 Å². The van der Waals surface area contributed by atoms with Crippen molar-refractivity contribution < 1.29 is 18.6 Å². The highest BCUT2D eigenvalue weighted by Gasteiger charge is 2.33. The molecule has 0 aromatic carbocycles. The normalized spacial score (nSPS) is 14.3. The molecule has 0 rings (SSSR count). The fraction of sp³-hybridized carbons (Fsp3) is 0.909. The minimum absolute atomic E-state index is 0.360. The van der Waals surface area contributed by atoms with Crippen molar-refractivity contribution in [3.8, 4) is 0 Å². The lowest BCUT2D eigenvalue weighted by atomic mass is 10.1. The van der Waals surface area contributed by atoms with Gasteiger partial charge < -0.3 is 9.26 Å². The fourth-order valence-electron chi connectivity index (χ4n) is 1.36. The number of hydrogen-bond acceptors (Lipinski definition) is 5. The molecule has 0 N–H and O–H groups in total. The third kappa shape index (κ3) is 7.12. The fourth-order valence-corrected chi connectivity index (χ4v) is 3.52. The number of carbonyl (C=O) groups excluding carboxylic acids is 1. The first kappa shape index (κ1) is 17.0. The van der Waals surface area contributed by atoms with Crippen molar-refractivity contribution in [3.05, 3.63) is 0 Å². The molecular formula is C11H23O4PS. The summed E-state index contributed by atoms with van der Waals surface area (Å²) in [5.41, 5.74) is -0.754. The monoisotopic (exact) mass is 282 g/mol. The van der Waals surface area contributed by atoms with Gasteiger partial charge in [-0.15, -0.1) is 0 Å². The lowest BCUT2D eigenvalue weighted by Crippen LogP contribution is -2.02. The van der Waals surface area contributed by atoms with Gasteiger partial charge in [0.05, 0.1) is 13.7 Å². The van der Waals surface area contributed by atoms with Crippen LogP contribution in [0.4, 0.5) is 4.79 Å². The Morgan fingerprint density at radius 1 is 1.18 bits per heavy atom. The largest absolute Gasteiger partial charge is 0.461 e. The van der Waals surface area contributed by atoms with E-state index in [1.165, 1.54) is 32.8 Å². The molecule has 0 heterocycles. The standard InChI is InChI=1S/C11H23O4PS/c1-4-5-6-7-8-9-10-15-16(13,17-3)11(12)14-2/h4-10H2,1-3H3. The van der Waals surface area contributed by atoms with E-state index in [0.29, 0.717) is 6.61 Å². The van der Waals surface area contributed by atoms with Crippen LogP contribution in [0.15, 0.2) is 0 Å². The van der Waals surface area contributed by atoms with Crippen LogP contribution in [0, 0.1) is 0 Å². The van der Waals surface area contributed by atoms with Crippen LogP contribution in [0.3, 0.4) is 0 Å². The highest BCUT2D eigenvalue weighted by atomic mass is 32.7.